The molecule has 0 radical (unpaired) electrons. The van der Waals surface area contributed by atoms with Crippen LogP contribution in [0.3, 0.4) is 0 Å². The Morgan fingerprint density at radius 1 is 0.352 bits per heavy atom. The number of rotatable bonds is 12. The summed E-state index contributed by atoms with van der Waals surface area (Å²) in [5.41, 5.74) is 4.13. The minimum atomic E-state index is -0.243. The second-order valence-electron chi connectivity index (χ2n) is 11.6. The van der Waals surface area contributed by atoms with Gasteiger partial charge in [0.25, 0.3) is 0 Å². The summed E-state index contributed by atoms with van der Waals surface area (Å²) in [6, 6.07) is 21.0. The number of anilines is 4. The molecular formula is C40H36N10O4. The number of nitrogens with one attached hydrogen (secondary N) is 4. The molecule has 0 saturated heterocycles. The van der Waals surface area contributed by atoms with E-state index in [9.17, 15) is 19.2 Å². The zero-order chi connectivity index (χ0) is 38.5. The zero-order valence-electron chi connectivity index (χ0n) is 29.9. The van der Waals surface area contributed by atoms with Crippen LogP contribution in [-0.2, 0) is 19.2 Å². The number of nitrogens with zero attached hydrogens (tertiary/aromatic N) is 6. The summed E-state index contributed by atoms with van der Waals surface area (Å²) in [4.78, 5) is 74.5. The van der Waals surface area contributed by atoms with E-state index in [4.69, 9.17) is 9.97 Å². The number of hydrogen-bond acceptors (Lipinski definition) is 10. The monoisotopic (exact) mass is 720 g/mol. The van der Waals surface area contributed by atoms with Crippen LogP contribution >= 0.6 is 0 Å². The predicted octanol–water partition coefficient (Wildman–Crippen LogP) is 6.57. The molecule has 270 valence electrons. The van der Waals surface area contributed by atoms with Gasteiger partial charge in [-0.3, -0.25) is 19.2 Å². The van der Waals surface area contributed by atoms with Crippen molar-refractivity contribution in [2.24, 2.45) is 0 Å². The molecule has 0 bridgehead atoms. The SMILES string of the molecule is CC(=O)Nc1cccc(/C=C/c2nc(/C=C/c3cccc(NC(C)=O)n3)c(/C=C/c3cccc(NC(C)=O)n3)nc2/C=C/c2cccc(NC(C)=O)n2)n1. The van der Waals surface area contributed by atoms with Crippen molar-refractivity contribution in [1.82, 2.24) is 29.9 Å². The topological polar surface area (TPSA) is 194 Å². The van der Waals surface area contributed by atoms with Crippen LogP contribution in [0.2, 0.25) is 0 Å². The molecule has 5 heterocycles. The van der Waals surface area contributed by atoms with Crippen molar-refractivity contribution in [2.75, 3.05) is 21.3 Å². The molecule has 0 atom stereocenters. The standard InChI is InChI=1S/C40H36N10O4/c1-25(51)41-37-13-5-9-29(45-37)17-21-33-34(22-18-30-10-6-14-38(46-30)42-26(2)52)50-36(24-20-32-12-8-16-40(48-32)44-28(4)54)35(49-33)23-19-31-11-7-15-39(47-31)43-27(3)53/h5-24H,1-4H3,(H,41,45,51)(H,42,46,52)(H,43,47,53)(H,44,48,54)/b21-17+,22-18+,23-19+,24-20+. The van der Waals surface area contributed by atoms with Gasteiger partial charge in [-0.2, -0.15) is 0 Å². The van der Waals surface area contributed by atoms with Gasteiger partial charge in [-0.15, -0.1) is 0 Å². The third kappa shape index (κ3) is 11.8. The fraction of sp³-hybridized carbons (Fsp3) is 0.100. The van der Waals surface area contributed by atoms with Crippen molar-refractivity contribution >= 4 is 95.5 Å². The molecule has 0 spiro atoms. The second-order valence-corrected chi connectivity index (χ2v) is 11.6. The van der Waals surface area contributed by atoms with E-state index in [1.807, 2.05) is 0 Å². The summed E-state index contributed by atoms with van der Waals surface area (Å²) in [5, 5.41) is 10.7. The van der Waals surface area contributed by atoms with Crippen LogP contribution in [0.15, 0.2) is 72.8 Å². The fourth-order valence-corrected chi connectivity index (χ4v) is 4.81. The summed E-state index contributed by atoms with van der Waals surface area (Å²) in [6.45, 7) is 5.63. The van der Waals surface area contributed by atoms with Gasteiger partial charge in [0.1, 0.15) is 23.3 Å². The fourth-order valence-electron chi connectivity index (χ4n) is 4.81. The lowest BCUT2D eigenvalue weighted by Crippen LogP contribution is -2.07. The Balaban J connectivity index is 1.63. The van der Waals surface area contributed by atoms with Gasteiger partial charge >= 0.3 is 0 Å². The Morgan fingerprint density at radius 3 is 0.778 bits per heavy atom. The van der Waals surface area contributed by atoms with Crippen molar-refractivity contribution in [3.05, 3.63) is 118 Å². The highest BCUT2D eigenvalue weighted by atomic mass is 16.2. The van der Waals surface area contributed by atoms with E-state index >= 15 is 0 Å². The molecule has 5 aromatic rings. The van der Waals surface area contributed by atoms with E-state index < -0.39 is 0 Å². The zero-order valence-corrected chi connectivity index (χ0v) is 29.9. The van der Waals surface area contributed by atoms with Gasteiger partial charge in [-0.05, 0) is 97.1 Å². The quantitative estimate of drug-likeness (QED) is 0.109. The molecule has 5 aromatic heterocycles. The Kier molecular flexibility index (Phi) is 12.7. The van der Waals surface area contributed by atoms with Gasteiger partial charge in [0.2, 0.25) is 23.6 Å². The number of hydrogen-bond donors (Lipinski definition) is 4. The lowest BCUT2D eigenvalue weighted by molar-refractivity contribution is -0.115. The van der Waals surface area contributed by atoms with Crippen LogP contribution in [0.4, 0.5) is 23.3 Å². The van der Waals surface area contributed by atoms with E-state index in [0.717, 1.165) is 0 Å². The molecule has 14 heteroatoms. The molecule has 0 aliphatic carbocycles. The summed E-state index contributed by atoms with van der Waals surface area (Å²) in [6.07, 6.45) is 14.0. The molecule has 4 N–H and O–H groups in total. The van der Waals surface area contributed by atoms with E-state index in [-0.39, 0.29) is 23.6 Å². The van der Waals surface area contributed by atoms with Gasteiger partial charge in [0.15, 0.2) is 0 Å². The lowest BCUT2D eigenvalue weighted by atomic mass is 10.1. The van der Waals surface area contributed by atoms with Crippen LogP contribution in [0.5, 0.6) is 0 Å². The van der Waals surface area contributed by atoms with E-state index in [1.165, 1.54) is 27.7 Å². The van der Waals surface area contributed by atoms with Crippen molar-refractivity contribution in [1.29, 1.82) is 0 Å². The molecule has 0 aliphatic rings. The third-order valence-electron chi connectivity index (χ3n) is 6.95. The van der Waals surface area contributed by atoms with Gasteiger partial charge in [-0.1, -0.05) is 24.3 Å². The highest BCUT2D eigenvalue weighted by Crippen LogP contribution is 2.21. The average molecular weight is 721 g/mol. The second kappa shape index (κ2) is 18.1. The van der Waals surface area contributed by atoms with Gasteiger partial charge in [0.05, 0.1) is 45.6 Å². The number of carbonyl (C=O) groups is 4. The largest absolute Gasteiger partial charge is 0.311 e. The Labute approximate surface area is 311 Å². The highest BCUT2D eigenvalue weighted by Gasteiger charge is 2.10. The Morgan fingerprint density at radius 2 is 0.574 bits per heavy atom. The van der Waals surface area contributed by atoms with Crippen LogP contribution in [0.25, 0.3) is 48.6 Å². The molecule has 0 aromatic carbocycles. The maximum absolute atomic E-state index is 11.6. The number of pyridine rings is 4. The van der Waals surface area contributed by atoms with Crippen molar-refractivity contribution < 1.29 is 19.2 Å². The number of amides is 4. The van der Waals surface area contributed by atoms with Gasteiger partial charge in [0, 0.05) is 27.7 Å². The molecule has 4 amide bonds. The highest BCUT2D eigenvalue weighted by molar-refractivity contribution is 5.90. The molecule has 5 rings (SSSR count). The van der Waals surface area contributed by atoms with E-state index in [1.54, 1.807) is 121 Å². The molecular weight excluding hydrogens is 685 g/mol. The third-order valence-corrected chi connectivity index (χ3v) is 6.95. The molecule has 0 fully saturated rings. The van der Waals surface area contributed by atoms with Crippen molar-refractivity contribution in [3.8, 4) is 0 Å². The lowest BCUT2D eigenvalue weighted by Gasteiger charge is -2.08. The minimum Gasteiger partial charge on any atom is -0.311 e. The van der Waals surface area contributed by atoms with Gasteiger partial charge in [-0.25, -0.2) is 29.9 Å². The summed E-state index contributed by atoms with van der Waals surface area (Å²) in [7, 11) is 0. The molecule has 0 saturated carbocycles. The van der Waals surface area contributed by atoms with Crippen LogP contribution in [-0.4, -0.2) is 53.5 Å². The van der Waals surface area contributed by atoms with Crippen LogP contribution in [0.1, 0.15) is 73.2 Å². The number of carbonyl (C=O) groups excluding carboxylic acids is 4. The minimum absolute atomic E-state index is 0.243. The molecule has 14 nitrogen and oxygen atoms in total. The summed E-state index contributed by atoms with van der Waals surface area (Å²) in [5.74, 6) is 0.621. The summed E-state index contributed by atoms with van der Waals surface area (Å²) >= 11 is 0. The maximum Gasteiger partial charge on any atom is 0.222 e. The molecule has 0 unspecified atom stereocenters. The van der Waals surface area contributed by atoms with Crippen LogP contribution < -0.4 is 21.3 Å². The van der Waals surface area contributed by atoms with Crippen LogP contribution in [0, 0.1) is 0 Å². The van der Waals surface area contributed by atoms with E-state index in [0.29, 0.717) is 68.8 Å². The molecule has 54 heavy (non-hydrogen) atoms. The number of aromatic nitrogens is 6. The van der Waals surface area contributed by atoms with Crippen molar-refractivity contribution in [2.45, 2.75) is 27.7 Å². The first kappa shape index (κ1) is 37.8. The predicted molar refractivity (Wildman–Crippen MR) is 212 cm³/mol. The Bertz CT molecular complexity index is 2010. The first-order valence-electron chi connectivity index (χ1n) is 16.6. The maximum atomic E-state index is 11.6. The summed E-state index contributed by atoms with van der Waals surface area (Å²) < 4.78 is 0. The van der Waals surface area contributed by atoms with E-state index in [2.05, 4.69) is 41.2 Å². The average Bonchev–Trinajstić information content (AvgIpc) is 3.11. The Hall–Kier alpha value is -7.48. The normalized spacial score (nSPS) is 11.3. The van der Waals surface area contributed by atoms with Gasteiger partial charge < -0.3 is 21.3 Å². The first-order valence-corrected chi connectivity index (χ1v) is 16.6. The smallest absolute Gasteiger partial charge is 0.222 e. The first-order chi connectivity index (χ1) is 26.0. The van der Waals surface area contributed by atoms with Crippen molar-refractivity contribution in [3.63, 3.8) is 0 Å². The molecule has 0 aliphatic heterocycles.